The van der Waals surface area contributed by atoms with Crippen LogP contribution in [0.15, 0.2) is 0 Å². The van der Waals surface area contributed by atoms with Gasteiger partial charge in [-0.25, -0.2) is 9.59 Å². The lowest BCUT2D eigenvalue weighted by Gasteiger charge is -2.44. The number of urea groups is 1. The molecular weight excluding hydrogens is 260 g/mol. The number of nitrogens with one attached hydrogen (secondary N) is 1. The molecule has 0 radical (unpaired) electrons. The number of aliphatic hydroxyl groups excluding tert-OH is 1. The molecule has 1 atom stereocenters. The summed E-state index contributed by atoms with van der Waals surface area (Å²) < 4.78 is 0. The zero-order chi connectivity index (χ0) is 14.6. The Morgan fingerprint density at radius 2 is 1.70 bits per heavy atom. The van der Waals surface area contributed by atoms with E-state index >= 15 is 0 Å². The quantitative estimate of drug-likeness (QED) is 0.726. The smallest absolute Gasteiger partial charge is 0.328 e. The number of aliphatic hydroxyl groups is 1. The van der Waals surface area contributed by atoms with Crippen LogP contribution < -0.4 is 5.32 Å². The van der Waals surface area contributed by atoms with Crippen molar-refractivity contribution in [1.82, 2.24) is 10.2 Å². The van der Waals surface area contributed by atoms with Crippen molar-refractivity contribution < 1.29 is 19.8 Å². The molecule has 1 saturated carbocycles. The van der Waals surface area contributed by atoms with Crippen LogP contribution in [0.3, 0.4) is 0 Å². The van der Waals surface area contributed by atoms with Gasteiger partial charge < -0.3 is 20.4 Å². The number of likely N-dealkylation sites (tertiary alicyclic amines) is 1. The van der Waals surface area contributed by atoms with Gasteiger partial charge in [-0.05, 0) is 31.1 Å². The molecule has 1 aliphatic heterocycles. The molecule has 6 nitrogen and oxygen atoms in total. The largest absolute Gasteiger partial charge is 0.480 e. The van der Waals surface area contributed by atoms with E-state index in [1.165, 1.54) is 32.1 Å². The van der Waals surface area contributed by atoms with E-state index < -0.39 is 18.6 Å². The van der Waals surface area contributed by atoms with Crippen molar-refractivity contribution in [2.75, 3.05) is 19.7 Å². The summed E-state index contributed by atoms with van der Waals surface area (Å²) in [6, 6.07) is -1.59. The Labute approximate surface area is 119 Å². The SMILES string of the molecule is O=C(O)[C@H](CO)NC(=O)N1CCC2(CCCCC2)CC1. The Balaban J connectivity index is 1.83. The molecule has 0 unspecified atom stereocenters. The van der Waals surface area contributed by atoms with Gasteiger partial charge in [-0.2, -0.15) is 0 Å². The molecule has 0 aromatic rings. The highest BCUT2D eigenvalue weighted by molar-refractivity contribution is 5.82. The lowest BCUT2D eigenvalue weighted by Crippen LogP contribution is -2.52. The lowest BCUT2D eigenvalue weighted by atomic mass is 9.68. The molecule has 20 heavy (non-hydrogen) atoms. The van der Waals surface area contributed by atoms with Crippen LogP contribution in [0.4, 0.5) is 4.79 Å². The molecule has 0 aromatic heterocycles. The Morgan fingerprint density at radius 3 is 2.20 bits per heavy atom. The number of carboxylic acids is 1. The number of amides is 2. The molecule has 114 valence electrons. The van der Waals surface area contributed by atoms with Gasteiger partial charge in [-0.1, -0.05) is 19.3 Å². The third kappa shape index (κ3) is 3.42. The van der Waals surface area contributed by atoms with Crippen molar-refractivity contribution in [3.63, 3.8) is 0 Å². The van der Waals surface area contributed by atoms with E-state index in [-0.39, 0.29) is 6.03 Å². The molecule has 2 aliphatic rings. The lowest BCUT2D eigenvalue weighted by molar-refractivity contribution is -0.140. The number of hydrogen-bond donors (Lipinski definition) is 3. The summed E-state index contributed by atoms with van der Waals surface area (Å²) >= 11 is 0. The maximum absolute atomic E-state index is 12.0. The number of nitrogens with zero attached hydrogens (tertiary/aromatic N) is 1. The highest BCUT2D eigenvalue weighted by Crippen LogP contribution is 2.44. The first-order valence-corrected chi connectivity index (χ1v) is 7.45. The van der Waals surface area contributed by atoms with Gasteiger partial charge in [0.15, 0.2) is 6.04 Å². The second kappa shape index (κ2) is 6.43. The maximum atomic E-state index is 12.0. The molecule has 1 saturated heterocycles. The van der Waals surface area contributed by atoms with E-state index in [1.54, 1.807) is 4.90 Å². The fourth-order valence-electron chi connectivity index (χ4n) is 3.41. The minimum absolute atomic E-state index is 0.378. The number of hydrogen-bond acceptors (Lipinski definition) is 3. The molecule has 6 heteroatoms. The highest BCUT2D eigenvalue weighted by Gasteiger charge is 2.37. The number of piperidine rings is 1. The standard InChI is InChI=1S/C14H24N2O4/c17-10-11(12(18)19)15-13(20)16-8-6-14(7-9-16)4-2-1-3-5-14/h11,17H,1-10H2,(H,15,20)(H,18,19)/t11-/m0/s1. The number of carboxylic acid groups (broad SMARTS) is 1. The molecule has 2 amide bonds. The number of carbonyl (C=O) groups excluding carboxylic acids is 1. The summed E-state index contributed by atoms with van der Waals surface area (Å²) in [7, 11) is 0. The van der Waals surface area contributed by atoms with E-state index in [2.05, 4.69) is 5.32 Å². The van der Waals surface area contributed by atoms with Crippen molar-refractivity contribution in [3.05, 3.63) is 0 Å². The molecule has 2 rings (SSSR count). The van der Waals surface area contributed by atoms with Crippen LogP contribution in [0.5, 0.6) is 0 Å². The highest BCUT2D eigenvalue weighted by atomic mass is 16.4. The molecule has 3 N–H and O–H groups in total. The second-order valence-electron chi connectivity index (χ2n) is 6.07. The first-order chi connectivity index (χ1) is 9.56. The van der Waals surface area contributed by atoms with Crippen LogP contribution in [-0.2, 0) is 4.79 Å². The van der Waals surface area contributed by atoms with Gasteiger partial charge in [0.25, 0.3) is 0 Å². The number of aliphatic carboxylic acids is 1. The first-order valence-electron chi connectivity index (χ1n) is 7.45. The fourth-order valence-corrected chi connectivity index (χ4v) is 3.41. The predicted molar refractivity (Wildman–Crippen MR) is 73.4 cm³/mol. The Hall–Kier alpha value is -1.30. The third-order valence-corrected chi connectivity index (χ3v) is 4.80. The van der Waals surface area contributed by atoms with Crippen LogP contribution in [-0.4, -0.2) is 52.9 Å². The summed E-state index contributed by atoms with van der Waals surface area (Å²) in [4.78, 5) is 24.5. The van der Waals surface area contributed by atoms with Crippen molar-refractivity contribution in [3.8, 4) is 0 Å². The monoisotopic (exact) mass is 284 g/mol. The zero-order valence-corrected chi connectivity index (χ0v) is 11.8. The van der Waals surface area contributed by atoms with Gasteiger partial charge in [0.2, 0.25) is 0 Å². The van der Waals surface area contributed by atoms with E-state index in [1.807, 2.05) is 0 Å². The summed E-state index contributed by atoms with van der Waals surface area (Å²) in [6.07, 6.45) is 8.45. The fraction of sp³-hybridized carbons (Fsp3) is 0.857. The van der Waals surface area contributed by atoms with Gasteiger partial charge in [-0.15, -0.1) is 0 Å². The average molecular weight is 284 g/mol. The summed E-state index contributed by atoms with van der Waals surface area (Å²) in [5, 5.41) is 20.1. The van der Waals surface area contributed by atoms with Gasteiger partial charge in [0.1, 0.15) is 0 Å². The topological polar surface area (TPSA) is 89.9 Å². The Kier molecular flexibility index (Phi) is 4.86. The molecule has 0 aromatic carbocycles. The molecule has 1 aliphatic carbocycles. The summed E-state index contributed by atoms with van der Waals surface area (Å²) in [5.74, 6) is -1.21. The molecular formula is C14H24N2O4. The molecule has 2 fully saturated rings. The second-order valence-corrected chi connectivity index (χ2v) is 6.07. The van der Waals surface area contributed by atoms with Gasteiger partial charge in [0, 0.05) is 13.1 Å². The van der Waals surface area contributed by atoms with Crippen LogP contribution >= 0.6 is 0 Å². The zero-order valence-electron chi connectivity index (χ0n) is 11.8. The van der Waals surface area contributed by atoms with E-state index in [0.717, 1.165) is 12.8 Å². The third-order valence-electron chi connectivity index (χ3n) is 4.80. The molecule has 1 spiro atoms. The normalized spacial score (nSPS) is 23.4. The van der Waals surface area contributed by atoms with Crippen LogP contribution in [0.2, 0.25) is 0 Å². The average Bonchev–Trinajstić information content (AvgIpc) is 2.46. The van der Waals surface area contributed by atoms with E-state index in [9.17, 15) is 9.59 Å². The first kappa shape index (κ1) is 15.1. The van der Waals surface area contributed by atoms with Crippen LogP contribution in [0.1, 0.15) is 44.9 Å². The maximum Gasteiger partial charge on any atom is 0.328 e. The molecule has 1 heterocycles. The van der Waals surface area contributed by atoms with E-state index in [0.29, 0.717) is 18.5 Å². The summed E-state index contributed by atoms with van der Waals surface area (Å²) in [5.41, 5.74) is 0.415. The Bertz CT molecular complexity index is 356. The Morgan fingerprint density at radius 1 is 1.10 bits per heavy atom. The van der Waals surface area contributed by atoms with Crippen LogP contribution in [0.25, 0.3) is 0 Å². The minimum atomic E-state index is -1.21. The minimum Gasteiger partial charge on any atom is -0.480 e. The van der Waals surface area contributed by atoms with Crippen molar-refractivity contribution in [2.45, 2.75) is 51.0 Å². The van der Waals surface area contributed by atoms with Crippen molar-refractivity contribution >= 4 is 12.0 Å². The molecule has 0 bridgehead atoms. The van der Waals surface area contributed by atoms with E-state index in [4.69, 9.17) is 10.2 Å². The predicted octanol–water partition coefficient (Wildman–Crippen LogP) is 1.19. The van der Waals surface area contributed by atoms with Crippen molar-refractivity contribution in [2.24, 2.45) is 5.41 Å². The van der Waals surface area contributed by atoms with Gasteiger partial charge >= 0.3 is 12.0 Å². The van der Waals surface area contributed by atoms with Gasteiger partial charge in [-0.3, -0.25) is 0 Å². The van der Waals surface area contributed by atoms with Gasteiger partial charge in [0.05, 0.1) is 6.61 Å². The van der Waals surface area contributed by atoms with Crippen molar-refractivity contribution in [1.29, 1.82) is 0 Å². The summed E-state index contributed by atoms with van der Waals surface area (Å²) in [6.45, 7) is 0.784. The number of rotatable bonds is 3. The van der Waals surface area contributed by atoms with Crippen LogP contribution in [0, 0.1) is 5.41 Å². The number of carbonyl (C=O) groups is 2.